The Morgan fingerprint density at radius 3 is 2.04 bits per heavy atom. The van der Waals surface area contributed by atoms with E-state index in [0.717, 1.165) is 51.6 Å². The van der Waals surface area contributed by atoms with Gasteiger partial charge < -0.3 is 15.5 Å². The summed E-state index contributed by atoms with van der Waals surface area (Å²) >= 11 is 0. The SMILES string of the molecule is CC(=O)Nc1cccc(NC(=O)C2CCC(C(=O)N3CCCCCC3)CC2)c1. The highest BCUT2D eigenvalue weighted by molar-refractivity contribution is 5.94. The fourth-order valence-electron chi connectivity index (χ4n) is 4.27. The number of rotatable bonds is 4. The maximum atomic E-state index is 12.8. The molecule has 1 heterocycles. The molecule has 0 spiro atoms. The van der Waals surface area contributed by atoms with E-state index in [1.54, 1.807) is 18.2 Å². The maximum Gasteiger partial charge on any atom is 0.227 e. The zero-order chi connectivity index (χ0) is 19.9. The van der Waals surface area contributed by atoms with E-state index in [0.29, 0.717) is 17.3 Å². The molecule has 1 aromatic rings. The Bertz CT molecular complexity index is 703. The normalized spacial score (nSPS) is 22.8. The molecule has 6 heteroatoms. The molecule has 0 unspecified atom stereocenters. The lowest BCUT2D eigenvalue weighted by atomic mass is 9.81. The van der Waals surface area contributed by atoms with Crippen molar-refractivity contribution in [3.63, 3.8) is 0 Å². The predicted octanol–water partition coefficient (Wildman–Crippen LogP) is 3.79. The van der Waals surface area contributed by atoms with Crippen LogP contribution in [0.3, 0.4) is 0 Å². The van der Waals surface area contributed by atoms with Crippen LogP contribution < -0.4 is 10.6 Å². The lowest BCUT2D eigenvalue weighted by molar-refractivity contribution is -0.137. The largest absolute Gasteiger partial charge is 0.342 e. The first kappa shape index (κ1) is 20.4. The van der Waals surface area contributed by atoms with Crippen LogP contribution in [0, 0.1) is 11.8 Å². The third-order valence-electron chi connectivity index (χ3n) is 5.82. The first-order valence-electron chi connectivity index (χ1n) is 10.5. The van der Waals surface area contributed by atoms with Gasteiger partial charge in [-0.1, -0.05) is 18.9 Å². The lowest BCUT2D eigenvalue weighted by Gasteiger charge is -2.31. The molecule has 2 fully saturated rings. The van der Waals surface area contributed by atoms with Gasteiger partial charge in [-0.2, -0.15) is 0 Å². The van der Waals surface area contributed by atoms with Gasteiger partial charge in [-0.05, 0) is 56.7 Å². The van der Waals surface area contributed by atoms with Gasteiger partial charge in [0.2, 0.25) is 17.7 Å². The summed E-state index contributed by atoms with van der Waals surface area (Å²) in [6.07, 6.45) is 7.75. The average molecular weight is 386 g/mol. The van der Waals surface area contributed by atoms with Crippen molar-refractivity contribution >= 4 is 29.1 Å². The number of anilines is 2. The molecular weight excluding hydrogens is 354 g/mol. The van der Waals surface area contributed by atoms with Crippen molar-refractivity contribution < 1.29 is 14.4 Å². The van der Waals surface area contributed by atoms with Crippen LogP contribution >= 0.6 is 0 Å². The Morgan fingerprint density at radius 1 is 0.857 bits per heavy atom. The third-order valence-corrected chi connectivity index (χ3v) is 5.82. The number of hydrogen-bond donors (Lipinski definition) is 2. The smallest absolute Gasteiger partial charge is 0.227 e. The van der Waals surface area contributed by atoms with Crippen molar-refractivity contribution in [1.82, 2.24) is 4.90 Å². The quantitative estimate of drug-likeness (QED) is 0.828. The van der Waals surface area contributed by atoms with Crippen molar-refractivity contribution in [3.05, 3.63) is 24.3 Å². The second-order valence-corrected chi connectivity index (χ2v) is 8.04. The molecule has 1 aromatic carbocycles. The highest BCUT2D eigenvalue weighted by atomic mass is 16.2. The summed E-state index contributed by atoms with van der Waals surface area (Å²) in [6.45, 7) is 3.24. The molecule has 0 aromatic heterocycles. The van der Waals surface area contributed by atoms with Crippen LogP contribution in [0.4, 0.5) is 11.4 Å². The highest BCUT2D eigenvalue weighted by Crippen LogP contribution is 2.31. The number of carbonyl (C=O) groups is 3. The van der Waals surface area contributed by atoms with Gasteiger partial charge in [-0.15, -0.1) is 0 Å². The van der Waals surface area contributed by atoms with Crippen LogP contribution in [-0.4, -0.2) is 35.7 Å². The molecule has 2 aliphatic rings. The average Bonchev–Trinajstić information content (AvgIpc) is 2.97. The zero-order valence-corrected chi connectivity index (χ0v) is 16.7. The van der Waals surface area contributed by atoms with Gasteiger partial charge in [0.1, 0.15) is 0 Å². The van der Waals surface area contributed by atoms with Crippen molar-refractivity contribution in [2.24, 2.45) is 11.8 Å². The van der Waals surface area contributed by atoms with Crippen molar-refractivity contribution in [2.75, 3.05) is 23.7 Å². The summed E-state index contributed by atoms with van der Waals surface area (Å²) in [5.41, 5.74) is 1.34. The van der Waals surface area contributed by atoms with Gasteiger partial charge in [0.25, 0.3) is 0 Å². The van der Waals surface area contributed by atoms with E-state index in [-0.39, 0.29) is 23.7 Å². The second kappa shape index (κ2) is 9.71. The summed E-state index contributed by atoms with van der Waals surface area (Å²) in [7, 11) is 0. The zero-order valence-electron chi connectivity index (χ0n) is 16.7. The number of nitrogens with zero attached hydrogens (tertiary/aromatic N) is 1. The Labute approximate surface area is 167 Å². The van der Waals surface area contributed by atoms with Crippen molar-refractivity contribution in [2.45, 2.75) is 58.3 Å². The molecule has 152 valence electrons. The van der Waals surface area contributed by atoms with Crippen LogP contribution in [-0.2, 0) is 14.4 Å². The number of nitrogens with one attached hydrogen (secondary N) is 2. The van der Waals surface area contributed by atoms with Crippen LogP contribution in [0.25, 0.3) is 0 Å². The molecule has 3 amide bonds. The van der Waals surface area contributed by atoms with Crippen LogP contribution in [0.2, 0.25) is 0 Å². The van der Waals surface area contributed by atoms with E-state index < -0.39 is 0 Å². The standard InChI is InChI=1S/C22H31N3O3/c1-16(26)23-19-7-6-8-20(15-19)24-21(27)17-9-11-18(12-10-17)22(28)25-13-4-2-3-5-14-25/h6-8,15,17-18H,2-5,9-14H2,1H3,(H,23,26)(H,24,27). The van der Waals surface area contributed by atoms with E-state index in [9.17, 15) is 14.4 Å². The summed E-state index contributed by atoms with van der Waals surface area (Å²) < 4.78 is 0. The van der Waals surface area contributed by atoms with Gasteiger partial charge >= 0.3 is 0 Å². The van der Waals surface area contributed by atoms with Crippen molar-refractivity contribution in [1.29, 1.82) is 0 Å². The van der Waals surface area contributed by atoms with Crippen LogP contribution in [0.15, 0.2) is 24.3 Å². The molecule has 1 saturated heterocycles. The lowest BCUT2D eigenvalue weighted by Crippen LogP contribution is -2.39. The fourth-order valence-corrected chi connectivity index (χ4v) is 4.27. The Kier molecular flexibility index (Phi) is 7.06. The molecule has 0 bridgehead atoms. The molecule has 1 saturated carbocycles. The van der Waals surface area contributed by atoms with Gasteiger partial charge in [0.05, 0.1) is 0 Å². The topological polar surface area (TPSA) is 78.5 Å². The molecule has 3 rings (SSSR count). The minimum Gasteiger partial charge on any atom is -0.342 e. The molecule has 28 heavy (non-hydrogen) atoms. The van der Waals surface area contributed by atoms with Crippen LogP contribution in [0.5, 0.6) is 0 Å². The maximum absolute atomic E-state index is 12.8. The minimum atomic E-state index is -0.143. The third kappa shape index (κ3) is 5.57. The number of likely N-dealkylation sites (tertiary alicyclic amines) is 1. The molecule has 1 aliphatic carbocycles. The number of benzene rings is 1. The molecule has 0 atom stereocenters. The summed E-state index contributed by atoms with van der Waals surface area (Å²) in [4.78, 5) is 38.7. The fraction of sp³-hybridized carbons (Fsp3) is 0.591. The van der Waals surface area contributed by atoms with Crippen molar-refractivity contribution in [3.8, 4) is 0 Å². The van der Waals surface area contributed by atoms with Crippen LogP contribution in [0.1, 0.15) is 58.3 Å². The van der Waals surface area contributed by atoms with Gasteiger partial charge in [-0.3, -0.25) is 14.4 Å². The first-order chi connectivity index (χ1) is 13.5. The van der Waals surface area contributed by atoms with E-state index in [4.69, 9.17) is 0 Å². The summed E-state index contributed by atoms with van der Waals surface area (Å²) in [6, 6.07) is 7.17. The molecule has 1 aliphatic heterocycles. The first-order valence-corrected chi connectivity index (χ1v) is 10.5. The predicted molar refractivity (Wildman–Crippen MR) is 110 cm³/mol. The molecule has 0 radical (unpaired) electrons. The molecule has 2 N–H and O–H groups in total. The van der Waals surface area contributed by atoms with Gasteiger partial charge in [-0.25, -0.2) is 0 Å². The number of carbonyl (C=O) groups excluding carboxylic acids is 3. The van der Waals surface area contributed by atoms with E-state index in [2.05, 4.69) is 10.6 Å². The molecular formula is C22H31N3O3. The summed E-state index contributed by atoms with van der Waals surface area (Å²) in [5.74, 6) is 0.170. The van der Waals surface area contributed by atoms with E-state index in [1.165, 1.54) is 19.8 Å². The van der Waals surface area contributed by atoms with Gasteiger partial charge in [0, 0.05) is 43.2 Å². The Morgan fingerprint density at radius 2 is 1.43 bits per heavy atom. The van der Waals surface area contributed by atoms with Gasteiger partial charge in [0.15, 0.2) is 0 Å². The monoisotopic (exact) mass is 385 g/mol. The number of hydrogen-bond acceptors (Lipinski definition) is 3. The second-order valence-electron chi connectivity index (χ2n) is 8.04. The summed E-state index contributed by atoms with van der Waals surface area (Å²) in [5, 5.41) is 5.67. The van der Waals surface area contributed by atoms with E-state index in [1.807, 2.05) is 11.0 Å². The Hall–Kier alpha value is -2.37. The van der Waals surface area contributed by atoms with E-state index >= 15 is 0 Å². The molecule has 6 nitrogen and oxygen atoms in total. The Balaban J connectivity index is 1.49. The number of amides is 3. The highest BCUT2D eigenvalue weighted by Gasteiger charge is 2.32. The minimum absolute atomic E-state index is 0.000599.